The standard InChI is InChI=1S/C24H26ClN3O2S2.ClH/c1-5-27(6-2)13-14-28(23(29)22-19(25)16-9-7-8-10-18(16)31-22)24-26-20-17(30-4)12-11-15(3)21(20)32-24;/h7-12H,5-6,13-14H2,1-4H3;1H. The highest BCUT2D eigenvalue weighted by atomic mass is 35.5. The maximum atomic E-state index is 13.8. The minimum absolute atomic E-state index is 0. The highest BCUT2D eigenvalue weighted by molar-refractivity contribution is 7.23. The number of halogens is 2. The third-order valence-corrected chi connectivity index (χ3v) is 8.53. The zero-order valence-corrected chi connectivity index (χ0v) is 22.3. The number of hydrogen-bond acceptors (Lipinski definition) is 6. The van der Waals surface area contributed by atoms with E-state index in [-0.39, 0.29) is 18.3 Å². The Labute approximate surface area is 213 Å². The van der Waals surface area contributed by atoms with Gasteiger partial charge in [-0.1, -0.05) is 61.1 Å². The molecule has 176 valence electrons. The molecule has 0 N–H and O–H groups in total. The first kappa shape index (κ1) is 25.7. The fourth-order valence-electron chi connectivity index (χ4n) is 3.72. The van der Waals surface area contributed by atoms with Crippen LogP contribution in [-0.4, -0.2) is 49.1 Å². The van der Waals surface area contributed by atoms with Gasteiger partial charge in [-0.25, -0.2) is 4.98 Å². The number of carbonyl (C=O) groups is 1. The topological polar surface area (TPSA) is 45.7 Å². The smallest absolute Gasteiger partial charge is 0.271 e. The lowest BCUT2D eigenvalue weighted by Crippen LogP contribution is -2.38. The zero-order chi connectivity index (χ0) is 22.8. The second kappa shape index (κ2) is 11.0. The van der Waals surface area contributed by atoms with E-state index in [1.54, 1.807) is 12.0 Å². The Morgan fingerprint density at radius 3 is 2.48 bits per heavy atom. The number of carbonyl (C=O) groups excluding carboxylic acids is 1. The molecule has 4 aromatic rings. The van der Waals surface area contributed by atoms with Crippen LogP contribution in [0.2, 0.25) is 5.02 Å². The third kappa shape index (κ3) is 4.98. The molecule has 2 aromatic carbocycles. The molecule has 2 aromatic heterocycles. The maximum absolute atomic E-state index is 13.8. The summed E-state index contributed by atoms with van der Waals surface area (Å²) in [5.74, 6) is 0.600. The predicted molar refractivity (Wildman–Crippen MR) is 144 cm³/mol. The summed E-state index contributed by atoms with van der Waals surface area (Å²) in [5, 5.41) is 2.09. The largest absolute Gasteiger partial charge is 0.494 e. The summed E-state index contributed by atoms with van der Waals surface area (Å²) in [6.07, 6.45) is 0. The van der Waals surface area contributed by atoms with Crippen LogP contribution >= 0.6 is 46.7 Å². The molecule has 2 heterocycles. The monoisotopic (exact) mass is 523 g/mol. The highest BCUT2D eigenvalue weighted by Crippen LogP contribution is 2.39. The van der Waals surface area contributed by atoms with Crippen molar-refractivity contribution in [1.82, 2.24) is 9.88 Å². The number of methoxy groups -OCH3 is 1. The van der Waals surface area contributed by atoms with E-state index in [9.17, 15) is 4.79 Å². The summed E-state index contributed by atoms with van der Waals surface area (Å²) in [6.45, 7) is 9.45. The number of likely N-dealkylation sites (N-methyl/N-ethyl adjacent to an activating group) is 1. The summed E-state index contributed by atoms with van der Waals surface area (Å²) in [6, 6.07) is 11.8. The Hall–Kier alpha value is -1.90. The van der Waals surface area contributed by atoms with Gasteiger partial charge in [-0.2, -0.15) is 0 Å². The Balaban J connectivity index is 0.00000306. The van der Waals surface area contributed by atoms with Crippen LogP contribution in [0.15, 0.2) is 36.4 Å². The van der Waals surface area contributed by atoms with Crippen molar-refractivity contribution < 1.29 is 9.53 Å². The van der Waals surface area contributed by atoms with Crippen molar-refractivity contribution in [2.24, 2.45) is 0 Å². The predicted octanol–water partition coefficient (Wildman–Crippen LogP) is 6.89. The Kier molecular flexibility index (Phi) is 8.59. The number of anilines is 1. The van der Waals surface area contributed by atoms with E-state index in [0.717, 1.165) is 45.5 Å². The van der Waals surface area contributed by atoms with Gasteiger partial charge in [0, 0.05) is 23.2 Å². The van der Waals surface area contributed by atoms with Crippen LogP contribution < -0.4 is 9.64 Å². The molecule has 0 saturated heterocycles. The first-order chi connectivity index (χ1) is 15.5. The molecule has 0 fully saturated rings. The molecule has 9 heteroatoms. The van der Waals surface area contributed by atoms with E-state index in [4.69, 9.17) is 21.3 Å². The second-order valence-electron chi connectivity index (χ2n) is 7.48. The molecule has 0 bridgehead atoms. The van der Waals surface area contributed by atoms with E-state index < -0.39 is 0 Å². The molecule has 0 aliphatic heterocycles. The number of benzene rings is 2. The second-order valence-corrected chi connectivity index (χ2v) is 9.89. The maximum Gasteiger partial charge on any atom is 0.271 e. The van der Waals surface area contributed by atoms with Crippen molar-refractivity contribution in [2.75, 3.05) is 38.2 Å². The number of fused-ring (bicyclic) bond motifs is 2. The van der Waals surface area contributed by atoms with Gasteiger partial charge in [-0.3, -0.25) is 9.69 Å². The number of thiazole rings is 1. The Morgan fingerprint density at radius 1 is 1.09 bits per heavy atom. The van der Waals surface area contributed by atoms with Gasteiger partial charge in [0.15, 0.2) is 5.13 Å². The van der Waals surface area contributed by atoms with Crippen LogP contribution in [0.1, 0.15) is 29.1 Å². The van der Waals surface area contributed by atoms with Crippen LogP contribution in [0.3, 0.4) is 0 Å². The lowest BCUT2D eigenvalue weighted by Gasteiger charge is -2.24. The van der Waals surface area contributed by atoms with Gasteiger partial charge in [-0.15, -0.1) is 23.7 Å². The van der Waals surface area contributed by atoms with Crippen LogP contribution in [0.25, 0.3) is 20.3 Å². The summed E-state index contributed by atoms with van der Waals surface area (Å²) < 4.78 is 7.56. The molecule has 0 atom stereocenters. The Bertz CT molecular complexity index is 1270. The molecule has 0 spiro atoms. The van der Waals surface area contributed by atoms with Gasteiger partial charge in [0.1, 0.15) is 16.1 Å². The average molecular weight is 525 g/mol. The van der Waals surface area contributed by atoms with Gasteiger partial charge < -0.3 is 9.64 Å². The summed E-state index contributed by atoms with van der Waals surface area (Å²) >= 11 is 9.62. The number of aryl methyl sites for hydroxylation is 1. The fourth-order valence-corrected chi connectivity index (χ4v) is 6.25. The minimum Gasteiger partial charge on any atom is -0.494 e. The minimum atomic E-state index is -0.112. The van der Waals surface area contributed by atoms with Crippen LogP contribution in [-0.2, 0) is 0 Å². The highest BCUT2D eigenvalue weighted by Gasteiger charge is 2.27. The molecule has 1 amide bonds. The SMILES string of the molecule is CCN(CC)CCN(C(=O)c1sc2ccccc2c1Cl)c1nc2c(OC)ccc(C)c2s1.Cl. The lowest BCUT2D eigenvalue weighted by molar-refractivity contribution is 0.0988. The molecule has 4 rings (SSSR count). The molecule has 0 unspecified atom stereocenters. The van der Waals surface area contributed by atoms with Gasteiger partial charge in [0.2, 0.25) is 0 Å². The number of ether oxygens (including phenoxy) is 1. The normalized spacial score (nSPS) is 11.2. The van der Waals surface area contributed by atoms with E-state index in [0.29, 0.717) is 27.3 Å². The van der Waals surface area contributed by atoms with E-state index >= 15 is 0 Å². The average Bonchev–Trinajstić information content (AvgIpc) is 3.40. The van der Waals surface area contributed by atoms with Gasteiger partial charge in [0.25, 0.3) is 5.91 Å². The van der Waals surface area contributed by atoms with Crippen molar-refractivity contribution in [3.05, 3.63) is 51.9 Å². The number of thiophene rings is 1. The third-order valence-electron chi connectivity index (χ3n) is 5.65. The van der Waals surface area contributed by atoms with Gasteiger partial charge >= 0.3 is 0 Å². The summed E-state index contributed by atoms with van der Waals surface area (Å²) in [5.41, 5.74) is 1.90. The molecule has 0 radical (unpaired) electrons. The molecule has 0 aliphatic carbocycles. The molecule has 0 saturated carbocycles. The molecular weight excluding hydrogens is 497 g/mol. The van der Waals surface area contributed by atoms with E-state index in [1.165, 1.54) is 22.7 Å². The quantitative estimate of drug-likeness (QED) is 0.252. The molecular formula is C24H27Cl2N3O2S2. The van der Waals surface area contributed by atoms with Crippen molar-refractivity contribution >= 4 is 78.0 Å². The van der Waals surface area contributed by atoms with Crippen molar-refractivity contribution in [1.29, 1.82) is 0 Å². The molecule has 5 nitrogen and oxygen atoms in total. The van der Waals surface area contributed by atoms with Crippen LogP contribution in [0.4, 0.5) is 5.13 Å². The van der Waals surface area contributed by atoms with Crippen LogP contribution in [0.5, 0.6) is 5.75 Å². The number of amides is 1. The summed E-state index contributed by atoms with van der Waals surface area (Å²) in [7, 11) is 1.64. The summed E-state index contributed by atoms with van der Waals surface area (Å²) in [4.78, 5) is 23.3. The number of hydrogen-bond donors (Lipinski definition) is 0. The van der Waals surface area contributed by atoms with E-state index in [1.807, 2.05) is 36.4 Å². The molecule has 33 heavy (non-hydrogen) atoms. The van der Waals surface area contributed by atoms with E-state index in [2.05, 4.69) is 25.7 Å². The fraction of sp³-hybridized carbons (Fsp3) is 0.333. The first-order valence-corrected chi connectivity index (χ1v) is 12.6. The molecule has 0 aliphatic rings. The zero-order valence-electron chi connectivity index (χ0n) is 19.1. The Morgan fingerprint density at radius 2 is 1.82 bits per heavy atom. The first-order valence-electron chi connectivity index (χ1n) is 10.6. The number of nitrogens with zero attached hydrogens (tertiary/aromatic N) is 3. The lowest BCUT2D eigenvalue weighted by atomic mass is 10.2. The van der Waals surface area contributed by atoms with Crippen molar-refractivity contribution in [2.45, 2.75) is 20.8 Å². The van der Waals surface area contributed by atoms with Gasteiger partial charge in [-0.05, 0) is 37.7 Å². The van der Waals surface area contributed by atoms with Crippen molar-refractivity contribution in [3.63, 3.8) is 0 Å². The van der Waals surface area contributed by atoms with Gasteiger partial charge in [0.05, 0.1) is 16.8 Å². The number of aromatic nitrogens is 1. The number of rotatable bonds is 8. The van der Waals surface area contributed by atoms with Crippen molar-refractivity contribution in [3.8, 4) is 5.75 Å². The van der Waals surface area contributed by atoms with Crippen LogP contribution in [0, 0.1) is 6.92 Å².